The van der Waals surface area contributed by atoms with Crippen molar-refractivity contribution < 1.29 is 13.2 Å². The lowest BCUT2D eigenvalue weighted by atomic mass is 10.1. The van der Waals surface area contributed by atoms with Crippen molar-refractivity contribution >= 4 is 10.0 Å². The van der Waals surface area contributed by atoms with E-state index < -0.39 is 10.0 Å². The highest BCUT2D eigenvalue weighted by Crippen LogP contribution is 2.19. The lowest BCUT2D eigenvalue weighted by Gasteiger charge is -2.29. The Balaban J connectivity index is 1.49. The number of ether oxygens (including phenoxy) is 1. The molecule has 3 rings (SSSR count). The van der Waals surface area contributed by atoms with Gasteiger partial charge in [0.25, 0.3) is 0 Å². The Morgan fingerprint density at radius 3 is 2.22 bits per heavy atom. The standard InChI is InChI=1S/C21H28N2O3S/c1-17-3-5-19(6-4-17)16-27(24,25)22-15-18-7-9-20(10-8-18)26-21-11-13-23(2)14-12-21/h3-10,21-22H,11-16H2,1-2H3. The zero-order valence-electron chi connectivity index (χ0n) is 16.0. The molecule has 0 bridgehead atoms. The van der Waals surface area contributed by atoms with Crippen LogP contribution in [0.25, 0.3) is 0 Å². The van der Waals surface area contributed by atoms with Gasteiger partial charge in [-0.25, -0.2) is 13.1 Å². The molecule has 1 aliphatic heterocycles. The summed E-state index contributed by atoms with van der Waals surface area (Å²) >= 11 is 0. The first-order chi connectivity index (χ1) is 12.9. The molecule has 1 saturated heterocycles. The number of piperidine rings is 1. The number of rotatable bonds is 7. The number of hydrogen-bond donors (Lipinski definition) is 1. The zero-order valence-corrected chi connectivity index (χ0v) is 16.8. The van der Waals surface area contributed by atoms with Crippen LogP contribution in [0.1, 0.15) is 29.5 Å². The fourth-order valence-corrected chi connectivity index (χ4v) is 4.25. The Labute approximate surface area is 162 Å². The van der Waals surface area contributed by atoms with Gasteiger partial charge in [0.1, 0.15) is 11.9 Å². The van der Waals surface area contributed by atoms with E-state index in [0.29, 0.717) is 0 Å². The van der Waals surface area contributed by atoms with Gasteiger partial charge in [0.05, 0.1) is 5.75 Å². The SMILES string of the molecule is Cc1ccc(CS(=O)(=O)NCc2ccc(OC3CCN(C)CC3)cc2)cc1. The zero-order chi connectivity index (χ0) is 19.3. The van der Waals surface area contributed by atoms with Gasteiger partial charge < -0.3 is 9.64 Å². The van der Waals surface area contributed by atoms with E-state index in [1.165, 1.54) is 0 Å². The summed E-state index contributed by atoms with van der Waals surface area (Å²) in [6, 6.07) is 15.2. The molecule has 0 atom stereocenters. The molecule has 146 valence electrons. The number of aryl methyl sites for hydroxylation is 1. The van der Waals surface area contributed by atoms with E-state index in [2.05, 4.69) is 16.7 Å². The minimum atomic E-state index is -3.37. The summed E-state index contributed by atoms with van der Waals surface area (Å²) in [7, 11) is -1.24. The highest BCUT2D eigenvalue weighted by Gasteiger charge is 2.18. The minimum absolute atomic E-state index is 0.00932. The first-order valence-electron chi connectivity index (χ1n) is 9.37. The van der Waals surface area contributed by atoms with Crippen LogP contribution in [-0.4, -0.2) is 39.6 Å². The maximum atomic E-state index is 12.3. The van der Waals surface area contributed by atoms with Gasteiger partial charge in [-0.3, -0.25) is 0 Å². The third-order valence-electron chi connectivity index (χ3n) is 4.87. The normalized spacial score (nSPS) is 16.4. The summed E-state index contributed by atoms with van der Waals surface area (Å²) in [5.74, 6) is 0.834. The Morgan fingerprint density at radius 1 is 1.00 bits per heavy atom. The second-order valence-corrected chi connectivity index (χ2v) is 9.14. The van der Waals surface area contributed by atoms with E-state index in [1.807, 2.05) is 55.5 Å². The summed E-state index contributed by atoms with van der Waals surface area (Å²) < 4.78 is 33.2. The molecule has 1 heterocycles. The molecule has 0 saturated carbocycles. The van der Waals surface area contributed by atoms with Crippen molar-refractivity contribution in [3.8, 4) is 5.75 Å². The monoisotopic (exact) mass is 388 g/mol. The number of nitrogens with one attached hydrogen (secondary N) is 1. The molecule has 0 spiro atoms. The number of likely N-dealkylation sites (tertiary alicyclic amines) is 1. The Bertz CT molecular complexity index is 825. The van der Waals surface area contributed by atoms with Crippen LogP contribution in [0.2, 0.25) is 0 Å². The first kappa shape index (κ1) is 19.9. The molecule has 0 amide bonds. The molecule has 6 heteroatoms. The Morgan fingerprint density at radius 2 is 1.59 bits per heavy atom. The van der Waals surface area contributed by atoms with Gasteiger partial charge in [-0.15, -0.1) is 0 Å². The van der Waals surface area contributed by atoms with Gasteiger partial charge in [0.2, 0.25) is 10.0 Å². The van der Waals surface area contributed by atoms with Crippen molar-refractivity contribution in [3.05, 3.63) is 65.2 Å². The number of nitrogens with zero attached hydrogens (tertiary/aromatic N) is 1. The molecule has 0 unspecified atom stereocenters. The van der Waals surface area contributed by atoms with Crippen LogP contribution in [-0.2, 0) is 22.3 Å². The van der Waals surface area contributed by atoms with E-state index in [0.717, 1.165) is 48.4 Å². The van der Waals surface area contributed by atoms with Gasteiger partial charge >= 0.3 is 0 Å². The molecule has 0 aromatic heterocycles. The van der Waals surface area contributed by atoms with Crippen LogP contribution in [0.5, 0.6) is 5.75 Å². The number of hydrogen-bond acceptors (Lipinski definition) is 4. The molecule has 2 aromatic carbocycles. The third kappa shape index (κ3) is 6.34. The van der Waals surface area contributed by atoms with Crippen molar-refractivity contribution in [2.24, 2.45) is 0 Å². The van der Waals surface area contributed by atoms with Gasteiger partial charge in [-0.2, -0.15) is 0 Å². The summed E-state index contributed by atoms with van der Waals surface area (Å²) in [6.07, 6.45) is 2.34. The lowest BCUT2D eigenvalue weighted by Crippen LogP contribution is -2.35. The maximum absolute atomic E-state index is 12.3. The summed E-state index contributed by atoms with van der Waals surface area (Å²) in [4.78, 5) is 2.31. The quantitative estimate of drug-likeness (QED) is 0.792. The van der Waals surface area contributed by atoms with Crippen molar-refractivity contribution in [2.45, 2.75) is 38.2 Å². The van der Waals surface area contributed by atoms with Crippen LogP contribution in [0.3, 0.4) is 0 Å². The van der Waals surface area contributed by atoms with E-state index in [-0.39, 0.29) is 18.4 Å². The van der Waals surface area contributed by atoms with Gasteiger partial charge in [0.15, 0.2) is 0 Å². The van der Waals surface area contributed by atoms with E-state index >= 15 is 0 Å². The first-order valence-corrected chi connectivity index (χ1v) is 11.0. The molecule has 0 aliphatic carbocycles. The fourth-order valence-electron chi connectivity index (χ4n) is 3.13. The second-order valence-electron chi connectivity index (χ2n) is 7.33. The van der Waals surface area contributed by atoms with E-state index in [4.69, 9.17) is 4.74 Å². The highest BCUT2D eigenvalue weighted by molar-refractivity contribution is 7.88. The Hall–Kier alpha value is -1.89. The van der Waals surface area contributed by atoms with Crippen LogP contribution in [0.15, 0.2) is 48.5 Å². The average molecular weight is 389 g/mol. The van der Waals surface area contributed by atoms with E-state index in [9.17, 15) is 8.42 Å². The molecule has 1 fully saturated rings. The van der Waals surface area contributed by atoms with Crippen LogP contribution >= 0.6 is 0 Å². The summed E-state index contributed by atoms with van der Waals surface area (Å²) in [6.45, 7) is 4.39. The Kier molecular flexibility index (Phi) is 6.52. The second kappa shape index (κ2) is 8.87. The minimum Gasteiger partial charge on any atom is -0.490 e. The maximum Gasteiger partial charge on any atom is 0.216 e. The largest absolute Gasteiger partial charge is 0.490 e. The van der Waals surface area contributed by atoms with Crippen molar-refractivity contribution in [3.63, 3.8) is 0 Å². The third-order valence-corrected chi connectivity index (χ3v) is 6.16. The number of benzene rings is 2. The van der Waals surface area contributed by atoms with Gasteiger partial charge in [-0.05, 0) is 50.1 Å². The topological polar surface area (TPSA) is 58.6 Å². The average Bonchev–Trinajstić information content (AvgIpc) is 2.65. The van der Waals surface area contributed by atoms with Gasteiger partial charge in [0, 0.05) is 19.6 Å². The van der Waals surface area contributed by atoms with Crippen molar-refractivity contribution in [1.82, 2.24) is 9.62 Å². The molecule has 1 aliphatic rings. The van der Waals surface area contributed by atoms with Crippen molar-refractivity contribution in [2.75, 3.05) is 20.1 Å². The molecule has 0 radical (unpaired) electrons. The predicted octanol–water partition coefficient (Wildman–Crippen LogP) is 3.09. The van der Waals surface area contributed by atoms with E-state index in [1.54, 1.807) is 0 Å². The number of sulfonamides is 1. The van der Waals surface area contributed by atoms with Crippen molar-refractivity contribution in [1.29, 1.82) is 0 Å². The molecule has 27 heavy (non-hydrogen) atoms. The molecular formula is C21H28N2O3S. The molecular weight excluding hydrogens is 360 g/mol. The fraction of sp³-hybridized carbons (Fsp3) is 0.429. The summed E-state index contributed by atoms with van der Waals surface area (Å²) in [5, 5.41) is 0. The predicted molar refractivity (Wildman–Crippen MR) is 108 cm³/mol. The van der Waals surface area contributed by atoms with Crippen LogP contribution < -0.4 is 9.46 Å². The van der Waals surface area contributed by atoms with Crippen LogP contribution in [0, 0.1) is 6.92 Å². The van der Waals surface area contributed by atoms with Gasteiger partial charge in [-0.1, -0.05) is 42.0 Å². The molecule has 2 aromatic rings. The molecule has 5 nitrogen and oxygen atoms in total. The summed E-state index contributed by atoms with van der Waals surface area (Å²) in [5.41, 5.74) is 2.82. The highest BCUT2D eigenvalue weighted by atomic mass is 32.2. The van der Waals surface area contributed by atoms with Crippen LogP contribution in [0.4, 0.5) is 0 Å². The smallest absolute Gasteiger partial charge is 0.216 e. The lowest BCUT2D eigenvalue weighted by molar-refractivity contribution is 0.114. The molecule has 1 N–H and O–H groups in total.